The van der Waals surface area contributed by atoms with Crippen LogP contribution < -0.4 is 10.9 Å². The number of aromatic nitrogens is 2. The van der Waals surface area contributed by atoms with Crippen molar-refractivity contribution in [3.05, 3.63) is 38.7 Å². The Bertz CT molecular complexity index is 881. The molecule has 0 atom stereocenters. The van der Waals surface area contributed by atoms with Crippen LogP contribution in [0.5, 0.6) is 0 Å². The van der Waals surface area contributed by atoms with Gasteiger partial charge in [-0.25, -0.2) is 4.68 Å². The highest BCUT2D eigenvalue weighted by Crippen LogP contribution is 2.31. The molecule has 1 fully saturated rings. The standard InChI is InChI=1S/C18H22BrN3O3/c1-10(2)16-14-6-11(19)4-5-13(14)17(24)22(21-16)9-15(23)20-12-7-18(3,25)8-12/h4-6,10,12,25H,7-9H2,1-3H3,(H,20,23). The molecule has 0 aliphatic heterocycles. The van der Waals surface area contributed by atoms with Gasteiger partial charge in [-0.05, 0) is 43.9 Å². The maximum atomic E-state index is 12.7. The van der Waals surface area contributed by atoms with E-state index in [-0.39, 0.29) is 30.0 Å². The Balaban J connectivity index is 1.89. The molecule has 7 heteroatoms. The Morgan fingerprint density at radius 1 is 1.44 bits per heavy atom. The van der Waals surface area contributed by atoms with Crippen LogP contribution in [0.2, 0.25) is 0 Å². The van der Waals surface area contributed by atoms with Crippen LogP contribution in [-0.4, -0.2) is 32.4 Å². The number of nitrogens with zero attached hydrogens (tertiary/aromatic N) is 2. The van der Waals surface area contributed by atoms with Crippen LogP contribution in [0.25, 0.3) is 10.8 Å². The molecule has 0 unspecified atom stereocenters. The van der Waals surface area contributed by atoms with Crippen molar-refractivity contribution in [2.45, 2.75) is 57.7 Å². The SMILES string of the molecule is CC(C)c1nn(CC(=O)NC2CC(C)(O)C2)c(=O)c2ccc(Br)cc12. The molecular weight excluding hydrogens is 386 g/mol. The van der Waals surface area contributed by atoms with Gasteiger partial charge in [-0.3, -0.25) is 9.59 Å². The first kappa shape index (κ1) is 18.1. The van der Waals surface area contributed by atoms with Crippen molar-refractivity contribution in [3.8, 4) is 0 Å². The molecule has 1 amide bonds. The average Bonchev–Trinajstić information content (AvgIpc) is 2.47. The van der Waals surface area contributed by atoms with Gasteiger partial charge in [0.05, 0.1) is 16.7 Å². The largest absolute Gasteiger partial charge is 0.390 e. The summed E-state index contributed by atoms with van der Waals surface area (Å²) in [7, 11) is 0. The molecule has 1 aliphatic rings. The summed E-state index contributed by atoms with van der Waals surface area (Å²) in [6, 6.07) is 5.42. The molecule has 2 N–H and O–H groups in total. The number of fused-ring (bicyclic) bond motifs is 1. The maximum absolute atomic E-state index is 12.7. The zero-order chi connectivity index (χ0) is 18.4. The lowest BCUT2D eigenvalue weighted by Crippen LogP contribution is -2.54. The number of carbonyl (C=O) groups is 1. The van der Waals surface area contributed by atoms with Gasteiger partial charge in [0.2, 0.25) is 5.91 Å². The Morgan fingerprint density at radius 2 is 2.12 bits per heavy atom. The summed E-state index contributed by atoms with van der Waals surface area (Å²) in [5, 5.41) is 18.4. The van der Waals surface area contributed by atoms with E-state index >= 15 is 0 Å². The van der Waals surface area contributed by atoms with E-state index in [1.807, 2.05) is 26.0 Å². The second kappa shape index (κ2) is 6.53. The fraction of sp³-hybridized carbons (Fsp3) is 0.500. The van der Waals surface area contributed by atoms with Crippen LogP contribution in [0.15, 0.2) is 27.5 Å². The number of rotatable bonds is 4. The van der Waals surface area contributed by atoms with E-state index in [0.29, 0.717) is 18.2 Å². The third-order valence-corrected chi connectivity index (χ3v) is 5.02. The van der Waals surface area contributed by atoms with Crippen molar-refractivity contribution in [2.75, 3.05) is 0 Å². The first-order chi connectivity index (χ1) is 11.7. The van der Waals surface area contributed by atoms with Crippen LogP contribution >= 0.6 is 15.9 Å². The van der Waals surface area contributed by atoms with Gasteiger partial charge in [-0.2, -0.15) is 5.10 Å². The van der Waals surface area contributed by atoms with Gasteiger partial charge in [0.15, 0.2) is 0 Å². The highest BCUT2D eigenvalue weighted by molar-refractivity contribution is 9.10. The minimum absolute atomic E-state index is 0.0424. The quantitative estimate of drug-likeness (QED) is 0.814. The monoisotopic (exact) mass is 407 g/mol. The summed E-state index contributed by atoms with van der Waals surface area (Å²) in [4.78, 5) is 24.9. The summed E-state index contributed by atoms with van der Waals surface area (Å²) in [6.07, 6.45) is 1.06. The zero-order valence-electron chi connectivity index (χ0n) is 14.5. The summed E-state index contributed by atoms with van der Waals surface area (Å²) in [6.45, 7) is 5.64. The van der Waals surface area contributed by atoms with Crippen molar-refractivity contribution >= 4 is 32.6 Å². The van der Waals surface area contributed by atoms with E-state index in [1.165, 1.54) is 4.68 Å². The first-order valence-corrected chi connectivity index (χ1v) is 9.17. The minimum atomic E-state index is -0.700. The van der Waals surface area contributed by atoms with Crippen LogP contribution in [0.3, 0.4) is 0 Å². The molecule has 0 radical (unpaired) electrons. The number of aliphatic hydroxyl groups is 1. The number of amides is 1. The van der Waals surface area contributed by atoms with E-state index in [4.69, 9.17) is 0 Å². The van der Waals surface area contributed by atoms with Crippen molar-refractivity contribution in [3.63, 3.8) is 0 Å². The van der Waals surface area contributed by atoms with E-state index in [2.05, 4.69) is 26.3 Å². The Morgan fingerprint density at radius 3 is 2.72 bits per heavy atom. The topological polar surface area (TPSA) is 84.2 Å². The molecule has 1 heterocycles. The van der Waals surface area contributed by atoms with Crippen LogP contribution in [0.4, 0.5) is 0 Å². The molecular formula is C18H22BrN3O3. The van der Waals surface area contributed by atoms with Gasteiger partial charge in [0, 0.05) is 15.9 Å². The molecule has 0 saturated heterocycles. The minimum Gasteiger partial charge on any atom is -0.390 e. The third-order valence-electron chi connectivity index (χ3n) is 4.53. The lowest BCUT2D eigenvalue weighted by Gasteiger charge is -2.41. The van der Waals surface area contributed by atoms with Crippen LogP contribution in [0.1, 0.15) is 45.2 Å². The zero-order valence-corrected chi connectivity index (χ0v) is 16.1. The molecule has 1 saturated carbocycles. The van der Waals surface area contributed by atoms with Crippen molar-refractivity contribution < 1.29 is 9.90 Å². The maximum Gasteiger partial charge on any atom is 0.275 e. The van der Waals surface area contributed by atoms with Gasteiger partial charge in [0.25, 0.3) is 5.56 Å². The smallest absolute Gasteiger partial charge is 0.275 e. The van der Waals surface area contributed by atoms with Gasteiger partial charge >= 0.3 is 0 Å². The summed E-state index contributed by atoms with van der Waals surface area (Å²) >= 11 is 3.43. The van der Waals surface area contributed by atoms with Gasteiger partial charge in [0.1, 0.15) is 6.54 Å². The molecule has 0 spiro atoms. The Labute approximate surface area is 154 Å². The Kier molecular flexibility index (Phi) is 4.72. The molecule has 1 aromatic carbocycles. The molecule has 6 nitrogen and oxygen atoms in total. The predicted octanol–water partition coefficient (Wildman–Crippen LogP) is 2.31. The van der Waals surface area contributed by atoms with Crippen LogP contribution in [-0.2, 0) is 11.3 Å². The fourth-order valence-corrected chi connectivity index (χ4v) is 3.69. The van der Waals surface area contributed by atoms with E-state index in [0.717, 1.165) is 15.6 Å². The average molecular weight is 408 g/mol. The summed E-state index contributed by atoms with van der Waals surface area (Å²) < 4.78 is 2.12. The molecule has 0 bridgehead atoms. The van der Waals surface area contributed by atoms with Gasteiger partial charge in [-0.15, -0.1) is 0 Å². The van der Waals surface area contributed by atoms with Crippen molar-refractivity contribution in [1.82, 2.24) is 15.1 Å². The number of hydrogen-bond acceptors (Lipinski definition) is 4. The Hall–Kier alpha value is -1.73. The highest BCUT2D eigenvalue weighted by Gasteiger charge is 2.39. The number of halogens is 1. The van der Waals surface area contributed by atoms with Gasteiger partial charge in [-0.1, -0.05) is 29.8 Å². The van der Waals surface area contributed by atoms with Crippen LogP contribution in [0, 0.1) is 0 Å². The molecule has 134 valence electrons. The van der Waals surface area contributed by atoms with Crippen molar-refractivity contribution in [1.29, 1.82) is 0 Å². The molecule has 1 aliphatic carbocycles. The third kappa shape index (κ3) is 3.77. The molecule has 1 aromatic heterocycles. The second-order valence-electron chi connectivity index (χ2n) is 7.36. The highest BCUT2D eigenvalue weighted by atomic mass is 79.9. The number of nitrogens with one attached hydrogen (secondary N) is 1. The fourth-order valence-electron chi connectivity index (χ4n) is 3.33. The lowest BCUT2D eigenvalue weighted by atomic mass is 9.77. The predicted molar refractivity (Wildman–Crippen MR) is 99.6 cm³/mol. The first-order valence-electron chi connectivity index (χ1n) is 8.38. The van der Waals surface area contributed by atoms with E-state index in [1.54, 1.807) is 13.0 Å². The van der Waals surface area contributed by atoms with Crippen molar-refractivity contribution in [2.24, 2.45) is 0 Å². The molecule has 2 aromatic rings. The lowest BCUT2D eigenvalue weighted by molar-refractivity contribution is -0.125. The molecule has 25 heavy (non-hydrogen) atoms. The molecule has 3 rings (SSSR count). The number of carbonyl (C=O) groups excluding carboxylic acids is 1. The summed E-state index contributed by atoms with van der Waals surface area (Å²) in [5.41, 5.74) is -0.188. The van der Waals surface area contributed by atoms with Gasteiger partial charge < -0.3 is 10.4 Å². The summed E-state index contributed by atoms with van der Waals surface area (Å²) in [5.74, 6) is -0.144. The number of benzene rings is 1. The van der Waals surface area contributed by atoms with E-state index < -0.39 is 5.60 Å². The van der Waals surface area contributed by atoms with E-state index in [9.17, 15) is 14.7 Å². The normalized spacial score (nSPS) is 22.9. The number of hydrogen-bond donors (Lipinski definition) is 2. The second-order valence-corrected chi connectivity index (χ2v) is 8.28.